The summed E-state index contributed by atoms with van der Waals surface area (Å²) in [5, 5.41) is 3.66. The quantitative estimate of drug-likeness (QED) is 0.837. The number of rotatable bonds is 1. The molecule has 2 aromatic carbocycles. The zero-order valence-electron chi connectivity index (χ0n) is 11.0. The first kappa shape index (κ1) is 11.1. The van der Waals surface area contributed by atoms with E-state index in [2.05, 4.69) is 58.7 Å². The fourth-order valence-electron chi connectivity index (χ4n) is 3.28. The molecule has 2 aliphatic heterocycles. The minimum Gasteiger partial charge on any atom is -0.369 e. The molecule has 2 aliphatic rings. The molecule has 0 fully saturated rings. The van der Waals surface area contributed by atoms with Crippen LogP contribution in [0, 0.1) is 0 Å². The summed E-state index contributed by atoms with van der Waals surface area (Å²) in [6.07, 6.45) is 2.76. The molecule has 0 amide bonds. The largest absolute Gasteiger partial charge is 0.369 e. The van der Waals surface area contributed by atoms with E-state index in [-0.39, 0.29) is 0 Å². The van der Waals surface area contributed by atoms with E-state index >= 15 is 0 Å². The summed E-state index contributed by atoms with van der Waals surface area (Å²) < 4.78 is 0. The van der Waals surface area contributed by atoms with Crippen molar-refractivity contribution in [3.05, 3.63) is 65.2 Å². The zero-order valence-corrected chi connectivity index (χ0v) is 11.0. The van der Waals surface area contributed by atoms with Crippen LogP contribution in [0.5, 0.6) is 0 Å². The van der Waals surface area contributed by atoms with E-state index in [4.69, 9.17) is 0 Å². The van der Waals surface area contributed by atoms with Crippen LogP contribution in [0.1, 0.15) is 16.7 Å². The standard InChI is InChI=1S/C17H18N2/c1-2-7-15-12-19(10-9-13(15)5-1)17-11-14-6-3-4-8-16(14)18-17/h1-8,17-18H,9-12H2. The summed E-state index contributed by atoms with van der Waals surface area (Å²) in [6, 6.07) is 17.5. The monoisotopic (exact) mass is 250 g/mol. The van der Waals surface area contributed by atoms with Gasteiger partial charge in [0.15, 0.2) is 0 Å². The maximum Gasteiger partial charge on any atom is 0.0838 e. The molecule has 0 spiro atoms. The molecule has 0 saturated carbocycles. The van der Waals surface area contributed by atoms with Gasteiger partial charge in [0, 0.05) is 25.2 Å². The number of hydrogen-bond donors (Lipinski definition) is 1. The highest BCUT2D eigenvalue weighted by molar-refractivity contribution is 5.56. The molecule has 0 saturated heterocycles. The summed E-state index contributed by atoms with van der Waals surface area (Å²) in [5.74, 6) is 0. The van der Waals surface area contributed by atoms with Crippen LogP contribution in [0.25, 0.3) is 0 Å². The predicted octanol–water partition coefficient (Wildman–Crippen LogP) is 3.04. The highest BCUT2D eigenvalue weighted by Gasteiger charge is 2.28. The van der Waals surface area contributed by atoms with Gasteiger partial charge in [-0.15, -0.1) is 0 Å². The molecule has 0 bridgehead atoms. The Bertz CT molecular complexity index is 581. The third-order valence-electron chi connectivity index (χ3n) is 4.35. The number of hydrogen-bond acceptors (Lipinski definition) is 2. The average Bonchev–Trinajstić information content (AvgIpc) is 2.90. The van der Waals surface area contributed by atoms with Crippen LogP contribution >= 0.6 is 0 Å². The van der Waals surface area contributed by atoms with E-state index in [9.17, 15) is 0 Å². The van der Waals surface area contributed by atoms with Gasteiger partial charge in [-0.05, 0) is 29.2 Å². The van der Waals surface area contributed by atoms with Gasteiger partial charge in [-0.1, -0.05) is 42.5 Å². The molecule has 1 N–H and O–H groups in total. The van der Waals surface area contributed by atoms with Gasteiger partial charge in [0.2, 0.25) is 0 Å². The molecular weight excluding hydrogens is 232 g/mol. The Balaban J connectivity index is 1.54. The van der Waals surface area contributed by atoms with Crippen LogP contribution in [-0.4, -0.2) is 17.6 Å². The number of benzene rings is 2. The lowest BCUT2D eigenvalue weighted by atomic mass is 9.99. The van der Waals surface area contributed by atoms with E-state index in [1.807, 2.05) is 0 Å². The van der Waals surface area contributed by atoms with Crippen molar-refractivity contribution in [2.45, 2.75) is 25.6 Å². The van der Waals surface area contributed by atoms with E-state index in [0.717, 1.165) is 19.5 Å². The second-order valence-corrected chi connectivity index (χ2v) is 5.51. The summed E-state index contributed by atoms with van der Waals surface area (Å²) in [5.41, 5.74) is 5.78. The first-order valence-corrected chi connectivity index (χ1v) is 7.05. The molecule has 96 valence electrons. The number of fused-ring (bicyclic) bond motifs is 2. The van der Waals surface area contributed by atoms with Crippen LogP contribution in [0.3, 0.4) is 0 Å². The lowest BCUT2D eigenvalue weighted by Gasteiger charge is -2.33. The van der Waals surface area contributed by atoms with Gasteiger partial charge >= 0.3 is 0 Å². The fraction of sp³-hybridized carbons (Fsp3) is 0.294. The highest BCUT2D eigenvalue weighted by atomic mass is 15.3. The molecular formula is C17H18N2. The Labute approximate surface area is 114 Å². The molecule has 4 rings (SSSR count). The van der Waals surface area contributed by atoms with Crippen molar-refractivity contribution in [2.75, 3.05) is 11.9 Å². The van der Waals surface area contributed by atoms with E-state index in [1.54, 1.807) is 0 Å². The first-order valence-electron chi connectivity index (χ1n) is 7.05. The molecule has 0 radical (unpaired) electrons. The van der Waals surface area contributed by atoms with E-state index in [0.29, 0.717) is 6.17 Å². The Morgan fingerprint density at radius 3 is 2.47 bits per heavy atom. The predicted molar refractivity (Wildman–Crippen MR) is 78.1 cm³/mol. The lowest BCUT2D eigenvalue weighted by Crippen LogP contribution is -2.42. The van der Waals surface area contributed by atoms with Gasteiger partial charge < -0.3 is 5.32 Å². The van der Waals surface area contributed by atoms with Crippen molar-refractivity contribution in [2.24, 2.45) is 0 Å². The molecule has 1 unspecified atom stereocenters. The van der Waals surface area contributed by atoms with Crippen LogP contribution < -0.4 is 5.32 Å². The molecule has 0 aromatic heterocycles. The van der Waals surface area contributed by atoms with Gasteiger partial charge in [0.1, 0.15) is 0 Å². The van der Waals surface area contributed by atoms with Crippen molar-refractivity contribution in [1.82, 2.24) is 4.90 Å². The summed E-state index contributed by atoms with van der Waals surface area (Å²) in [6.45, 7) is 2.23. The summed E-state index contributed by atoms with van der Waals surface area (Å²) >= 11 is 0. The van der Waals surface area contributed by atoms with Crippen LogP contribution in [0.15, 0.2) is 48.5 Å². The van der Waals surface area contributed by atoms with Gasteiger partial charge in [-0.25, -0.2) is 0 Å². The van der Waals surface area contributed by atoms with Gasteiger partial charge in [0.05, 0.1) is 6.17 Å². The van der Waals surface area contributed by atoms with Crippen molar-refractivity contribution in [3.8, 4) is 0 Å². The Morgan fingerprint density at radius 2 is 1.63 bits per heavy atom. The molecule has 2 heterocycles. The molecule has 0 aliphatic carbocycles. The van der Waals surface area contributed by atoms with Crippen LogP contribution in [0.2, 0.25) is 0 Å². The van der Waals surface area contributed by atoms with Gasteiger partial charge in [0.25, 0.3) is 0 Å². The number of para-hydroxylation sites is 1. The van der Waals surface area contributed by atoms with E-state index in [1.165, 1.54) is 28.8 Å². The van der Waals surface area contributed by atoms with E-state index < -0.39 is 0 Å². The zero-order chi connectivity index (χ0) is 12.7. The van der Waals surface area contributed by atoms with Crippen molar-refractivity contribution < 1.29 is 0 Å². The molecule has 1 atom stereocenters. The Hall–Kier alpha value is -1.80. The number of nitrogens with one attached hydrogen (secondary N) is 1. The summed E-state index contributed by atoms with van der Waals surface area (Å²) in [4.78, 5) is 2.57. The normalized spacial score (nSPS) is 21.6. The SMILES string of the molecule is c1ccc2c(c1)CCN(C1Cc3ccccc3N1)C2. The number of nitrogens with zero attached hydrogens (tertiary/aromatic N) is 1. The Kier molecular flexibility index (Phi) is 2.56. The average molecular weight is 250 g/mol. The van der Waals surface area contributed by atoms with Crippen molar-refractivity contribution >= 4 is 5.69 Å². The topological polar surface area (TPSA) is 15.3 Å². The van der Waals surface area contributed by atoms with Gasteiger partial charge in [-0.3, -0.25) is 4.90 Å². The smallest absolute Gasteiger partial charge is 0.0838 e. The molecule has 2 nitrogen and oxygen atoms in total. The lowest BCUT2D eigenvalue weighted by molar-refractivity contribution is 0.201. The second-order valence-electron chi connectivity index (χ2n) is 5.51. The van der Waals surface area contributed by atoms with Crippen molar-refractivity contribution in [3.63, 3.8) is 0 Å². The molecule has 19 heavy (non-hydrogen) atoms. The number of anilines is 1. The summed E-state index contributed by atoms with van der Waals surface area (Å²) in [7, 11) is 0. The van der Waals surface area contributed by atoms with Crippen LogP contribution in [0.4, 0.5) is 5.69 Å². The second kappa shape index (κ2) is 4.39. The van der Waals surface area contributed by atoms with Crippen molar-refractivity contribution in [1.29, 1.82) is 0 Å². The van der Waals surface area contributed by atoms with Gasteiger partial charge in [-0.2, -0.15) is 0 Å². The third-order valence-corrected chi connectivity index (χ3v) is 4.35. The minimum absolute atomic E-state index is 0.464. The highest BCUT2D eigenvalue weighted by Crippen LogP contribution is 2.29. The first-order chi connectivity index (χ1) is 9.40. The third kappa shape index (κ3) is 1.92. The maximum absolute atomic E-state index is 3.66. The molecule has 2 aromatic rings. The van der Waals surface area contributed by atoms with Crippen LogP contribution in [-0.2, 0) is 19.4 Å². The minimum atomic E-state index is 0.464. The Morgan fingerprint density at radius 1 is 0.895 bits per heavy atom. The maximum atomic E-state index is 3.66. The fourth-order valence-corrected chi connectivity index (χ4v) is 3.28. The molecule has 2 heteroatoms.